The summed E-state index contributed by atoms with van der Waals surface area (Å²) in [5.41, 5.74) is 1.07. The third-order valence-corrected chi connectivity index (χ3v) is 3.98. The smallest absolute Gasteiger partial charge is 0.119 e. The largest absolute Gasteiger partial charge is 0.494 e. The molecule has 0 unspecified atom stereocenters. The highest BCUT2D eigenvalue weighted by Crippen LogP contribution is 2.15. The lowest BCUT2D eigenvalue weighted by Crippen LogP contribution is -2.49. The molecule has 20 heavy (non-hydrogen) atoms. The fraction of sp³-hybridized carbons (Fsp3) is 0.533. The summed E-state index contributed by atoms with van der Waals surface area (Å²) in [5, 5.41) is 8.95. The van der Waals surface area contributed by atoms with E-state index in [4.69, 9.17) is 22.1 Å². The van der Waals surface area contributed by atoms with E-state index in [0.717, 1.165) is 49.0 Å². The Morgan fingerprint density at radius 2 is 1.85 bits per heavy atom. The Kier molecular flexibility index (Phi) is 5.76. The van der Waals surface area contributed by atoms with Gasteiger partial charge in [-0.3, -0.25) is 4.90 Å². The molecule has 0 amide bonds. The van der Waals surface area contributed by atoms with Gasteiger partial charge < -0.3 is 14.7 Å². The second-order valence-electron chi connectivity index (χ2n) is 4.81. The maximum Gasteiger partial charge on any atom is 0.119 e. The van der Waals surface area contributed by atoms with Gasteiger partial charge in [-0.15, -0.1) is 0 Å². The zero-order chi connectivity index (χ0) is 14.4. The van der Waals surface area contributed by atoms with Gasteiger partial charge in [0.05, 0.1) is 13.2 Å². The number of β-amino-alcohol motifs (C(OH)–C–C–N with tert-alkyl or cyclic N) is 1. The minimum atomic E-state index is 0.226. The first-order chi connectivity index (χ1) is 9.74. The van der Waals surface area contributed by atoms with Crippen LogP contribution in [0.25, 0.3) is 0 Å². The molecule has 1 heterocycles. The third-order valence-electron chi connectivity index (χ3n) is 3.49. The lowest BCUT2D eigenvalue weighted by molar-refractivity contribution is 0.148. The van der Waals surface area contributed by atoms with Gasteiger partial charge in [0, 0.05) is 38.3 Å². The van der Waals surface area contributed by atoms with Crippen LogP contribution in [0, 0.1) is 0 Å². The molecule has 1 saturated heterocycles. The van der Waals surface area contributed by atoms with Crippen LogP contribution in [0.15, 0.2) is 24.3 Å². The van der Waals surface area contributed by atoms with Crippen molar-refractivity contribution in [3.63, 3.8) is 0 Å². The first-order valence-electron chi connectivity index (χ1n) is 7.10. The van der Waals surface area contributed by atoms with Gasteiger partial charge in [0.25, 0.3) is 0 Å². The van der Waals surface area contributed by atoms with E-state index >= 15 is 0 Å². The summed E-state index contributed by atoms with van der Waals surface area (Å²) in [6, 6.07) is 7.97. The lowest BCUT2D eigenvalue weighted by Gasteiger charge is -2.36. The van der Waals surface area contributed by atoms with Crippen LogP contribution in [-0.2, 0) is 0 Å². The van der Waals surface area contributed by atoms with Crippen LogP contribution in [-0.4, -0.2) is 65.8 Å². The molecular weight excluding hydrogens is 272 g/mol. The summed E-state index contributed by atoms with van der Waals surface area (Å²) in [6.45, 7) is 7.39. The molecule has 1 aliphatic heterocycles. The molecule has 1 aliphatic rings. The predicted octanol–water partition coefficient (Wildman–Crippen LogP) is 1.37. The van der Waals surface area contributed by atoms with Crippen LogP contribution in [0.4, 0.5) is 0 Å². The Bertz CT molecular complexity index is 428. The Morgan fingerprint density at radius 3 is 2.40 bits per heavy atom. The Morgan fingerprint density at radius 1 is 1.20 bits per heavy atom. The van der Waals surface area contributed by atoms with Crippen molar-refractivity contribution >= 4 is 17.2 Å². The average Bonchev–Trinajstić information content (AvgIpc) is 2.49. The van der Waals surface area contributed by atoms with Crippen molar-refractivity contribution in [2.24, 2.45) is 0 Å². The number of hydrogen-bond donors (Lipinski definition) is 1. The molecule has 1 aromatic rings. The molecule has 4 nitrogen and oxygen atoms in total. The number of piperazine rings is 1. The SMILES string of the molecule is CCOc1ccc(C(=S)N2CCN(CCO)CC2)cc1. The van der Waals surface area contributed by atoms with Crippen LogP contribution in [0.5, 0.6) is 5.75 Å². The van der Waals surface area contributed by atoms with E-state index in [1.54, 1.807) is 0 Å². The number of hydrogen-bond acceptors (Lipinski definition) is 4. The highest BCUT2D eigenvalue weighted by Gasteiger charge is 2.19. The molecule has 1 aromatic carbocycles. The van der Waals surface area contributed by atoms with Crippen molar-refractivity contribution in [3.05, 3.63) is 29.8 Å². The molecule has 5 heteroatoms. The summed E-state index contributed by atoms with van der Waals surface area (Å²) >= 11 is 5.57. The van der Waals surface area contributed by atoms with Gasteiger partial charge >= 0.3 is 0 Å². The van der Waals surface area contributed by atoms with E-state index < -0.39 is 0 Å². The van der Waals surface area contributed by atoms with Crippen molar-refractivity contribution in [1.29, 1.82) is 0 Å². The second-order valence-corrected chi connectivity index (χ2v) is 5.20. The summed E-state index contributed by atoms with van der Waals surface area (Å²) in [7, 11) is 0. The summed E-state index contributed by atoms with van der Waals surface area (Å²) in [5.74, 6) is 0.881. The Hall–Kier alpha value is -1.17. The van der Waals surface area contributed by atoms with Gasteiger partial charge in [-0.2, -0.15) is 0 Å². The van der Waals surface area contributed by atoms with Crippen LogP contribution >= 0.6 is 12.2 Å². The number of thiocarbonyl (C=S) groups is 1. The van der Waals surface area contributed by atoms with E-state index in [-0.39, 0.29) is 6.61 Å². The summed E-state index contributed by atoms with van der Waals surface area (Å²) in [4.78, 5) is 5.40. The number of aliphatic hydroxyl groups excluding tert-OH is 1. The van der Waals surface area contributed by atoms with Crippen molar-refractivity contribution in [1.82, 2.24) is 9.80 Å². The van der Waals surface area contributed by atoms with Crippen LogP contribution in [0.3, 0.4) is 0 Å². The van der Waals surface area contributed by atoms with Gasteiger partial charge in [-0.25, -0.2) is 0 Å². The molecule has 0 bridgehead atoms. The van der Waals surface area contributed by atoms with E-state index in [0.29, 0.717) is 6.61 Å². The highest BCUT2D eigenvalue weighted by atomic mass is 32.1. The number of benzene rings is 1. The molecule has 110 valence electrons. The number of aliphatic hydroxyl groups is 1. The van der Waals surface area contributed by atoms with Gasteiger partial charge in [0.1, 0.15) is 10.7 Å². The number of ether oxygens (including phenoxy) is 1. The molecule has 0 saturated carbocycles. The zero-order valence-electron chi connectivity index (χ0n) is 11.9. The first-order valence-corrected chi connectivity index (χ1v) is 7.50. The normalized spacial score (nSPS) is 16.2. The third kappa shape index (κ3) is 3.91. The predicted molar refractivity (Wildman–Crippen MR) is 84.4 cm³/mol. The quantitative estimate of drug-likeness (QED) is 0.830. The molecular formula is C15H22N2O2S. The topological polar surface area (TPSA) is 35.9 Å². The molecule has 0 aromatic heterocycles. The van der Waals surface area contributed by atoms with Crippen LogP contribution in [0.1, 0.15) is 12.5 Å². The van der Waals surface area contributed by atoms with Gasteiger partial charge in [0.15, 0.2) is 0 Å². The molecule has 1 N–H and O–H groups in total. The van der Waals surface area contributed by atoms with Crippen LogP contribution < -0.4 is 4.74 Å². The maximum absolute atomic E-state index is 8.95. The molecule has 2 rings (SSSR count). The van der Waals surface area contributed by atoms with E-state index in [9.17, 15) is 0 Å². The second kappa shape index (κ2) is 7.57. The summed E-state index contributed by atoms with van der Waals surface area (Å²) in [6.07, 6.45) is 0. The van der Waals surface area contributed by atoms with E-state index in [1.807, 2.05) is 31.2 Å². The van der Waals surface area contributed by atoms with Crippen molar-refractivity contribution in [3.8, 4) is 5.75 Å². The van der Waals surface area contributed by atoms with Crippen molar-refractivity contribution in [2.75, 3.05) is 45.9 Å². The zero-order valence-corrected chi connectivity index (χ0v) is 12.7. The summed E-state index contributed by atoms with van der Waals surface area (Å²) < 4.78 is 5.44. The number of rotatable bonds is 5. The molecule has 0 spiro atoms. The molecule has 0 atom stereocenters. The Labute approximate surface area is 125 Å². The number of nitrogens with zero attached hydrogens (tertiary/aromatic N) is 2. The van der Waals surface area contributed by atoms with Gasteiger partial charge in [-0.1, -0.05) is 12.2 Å². The molecule has 0 aliphatic carbocycles. The molecule has 1 fully saturated rings. The highest BCUT2D eigenvalue weighted by molar-refractivity contribution is 7.80. The standard InChI is InChI=1S/C15H22N2O2S/c1-2-19-14-5-3-13(4-6-14)15(20)17-9-7-16(8-10-17)11-12-18/h3-6,18H,2,7-12H2,1H3. The van der Waals surface area contributed by atoms with E-state index in [1.165, 1.54) is 0 Å². The molecule has 0 radical (unpaired) electrons. The van der Waals surface area contributed by atoms with E-state index in [2.05, 4.69) is 9.80 Å². The Balaban J connectivity index is 1.91. The minimum absolute atomic E-state index is 0.226. The van der Waals surface area contributed by atoms with Crippen molar-refractivity contribution in [2.45, 2.75) is 6.92 Å². The fourth-order valence-electron chi connectivity index (χ4n) is 2.36. The lowest BCUT2D eigenvalue weighted by atomic mass is 10.2. The van der Waals surface area contributed by atoms with Crippen molar-refractivity contribution < 1.29 is 9.84 Å². The van der Waals surface area contributed by atoms with Gasteiger partial charge in [-0.05, 0) is 31.2 Å². The monoisotopic (exact) mass is 294 g/mol. The van der Waals surface area contributed by atoms with Crippen LogP contribution in [0.2, 0.25) is 0 Å². The van der Waals surface area contributed by atoms with Gasteiger partial charge in [0.2, 0.25) is 0 Å². The average molecular weight is 294 g/mol. The first kappa shape index (κ1) is 15.2. The maximum atomic E-state index is 8.95. The minimum Gasteiger partial charge on any atom is -0.494 e. The fourth-order valence-corrected chi connectivity index (χ4v) is 2.68.